The Balaban J connectivity index is 1.63. The van der Waals surface area contributed by atoms with E-state index in [1.807, 2.05) is 0 Å². The molecule has 25 heavy (non-hydrogen) atoms. The molecule has 0 fully saturated rings. The standard InChI is InChI=1S/C16H14ClFN4O3/c1-9-15(10(2)25-21-9)19-16(23)14-5-6-22(20-14)8-24-11-3-4-13(18)12(17)7-11/h3-7H,8H2,1-2H3,(H,19,23). The molecule has 130 valence electrons. The summed E-state index contributed by atoms with van der Waals surface area (Å²) in [6, 6.07) is 5.58. The number of benzene rings is 1. The van der Waals surface area contributed by atoms with Crippen molar-refractivity contribution in [3.63, 3.8) is 0 Å². The lowest BCUT2D eigenvalue weighted by Gasteiger charge is -2.06. The van der Waals surface area contributed by atoms with Crippen molar-refractivity contribution in [2.24, 2.45) is 0 Å². The number of anilines is 1. The normalized spacial score (nSPS) is 10.7. The summed E-state index contributed by atoms with van der Waals surface area (Å²) < 4.78 is 25.0. The molecule has 2 heterocycles. The van der Waals surface area contributed by atoms with Crippen LogP contribution < -0.4 is 10.1 Å². The molecule has 9 heteroatoms. The lowest BCUT2D eigenvalue weighted by atomic mass is 10.3. The van der Waals surface area contributed by atoms with Gasteiger partial charge in [0.25, 0.3) is 5.91 Å². The van der Waals surface area contributed by atoms with Gasteiger partial charge in [0.05, 0.1) is 5.02 Å². The fourth-order valence-corrected chi connectivity index (χ4v) is 2.27. The summed E-state index contributed by atoms with van der Waals surface area (Å²) in [5, 5.41) is 10.6. The predicted octanol–water partition coefficient (Wildman–Crippen LogP) is 3.57. The minimum absolute atomic E-state index is 0.0301. The Morgan fingerprint density at radius 1 is 1.40 bits per heavy atom. The van der Waals surface area contributed by atoms with Crippen LogP contribution in [0.1, 0.15) is 21.9 Å². The number of ether oxygens (including phenoxy) is 1. The van der Waals surface area contributed by atoms with E-state index in [1.54, 1.807) is 26.1 Å². The molecule has 7 nitrogen and oxygen atoms in total. The number of hydrogen-bond acceptors (Lipinski definition) is 5. The van der Waals surface area contributed by atoms with Crippen LogP contribution in [0.4, 0.5) is 10.1 Å². The first-order chi connectivity index (χ1) is 11.9. The van der Waals surface area contributed by atoms with Crippen LogP contribution in [-0.2, 0) is 6.73 Å². The molecule has 2 aromatic heterocycles. The summed E-state index contributed by atoms with van der Waals surface area (Å²) in [5.41, 5.74) is 1.32. The van der Waals surface area contributed by atoms with E-state index in [2.05, 4.69) is 15.6 Å². The predicted molar refractivity (Wildman–Crippen MR) is 88.2 cm³/mol. The molecular formula is C16H14ClFN4O3. The number of hydrogen-bond donors (Lipinski definition) is 1. The van der Waals surface area contributed by atoms with Gasteiger partial charge in [-0.05, 0) is 32.0 Å². The van der Waals surface area contributed by atoms with Crippen LogP contribution in [0.25, 0.3) is 0 Å². The summed E-state index contributed by atoms with van der Waals surface area (Å²) in [7, 11) is 0. The van der Waals surface area contributed by atoms with Crippen molar-refractivity contribution in [2.45, 2.75) is 20.6 Å². The quantitative estimate of drug-likeness (QED) is 0.748. The first-order valence-electron chi connectivity index (χ1n) is 7.29. The van der Waals surface area contributed by atoms with Gasteiger partial charge >= 0.3 is 0 Å². The summed E-state index contributed by atoms with van der Waals surface area (Å²) in [6.07, 6.45) is 1.59. The third-order valence-corrected chi connectivity index (χ3v) is 3.69. The molecule has 0 aliphatic heterocycles. The molecule has 1 amide bonds. The summed E-state index contributed by atoms with van der Waals surface area (Å²) in [5.74, 6) is -0.00482. The average Bonchev–Trinajstić information content (AvgIpc) is 3.18. The zero-order valence-corrected chi connectivity index (χ0v) is 14.2. The second-order valence-corrected chi connectivity index (χ2v) is 5.65. The zero-order valence-electron chi connectivity index (χ0n) is 13.4. The van der Waals surface area contributed by atoms with Gasteiger partial charge in [0.15, 0.2) is 18.2 Å². The molecular weight excluding hydrogens is 351 g/mol. The lowest BCUT2D eigenvalue weighted by Crippen LogP contribution is -2.15. The van der Waals surface area contributed by atoms with E-state index in [4.69, 9.17) is 20.9 Å². The van der Waals surface area contributed by atoms with E-state index in [1.165, 1.54) is 22.9 Å². The SMILES string of the molecule is Cc1noc(C)c1NC(=O)c1ccn(COc2ccc(F)c(Cl)c2)n1. The Hall–Kier alpha value is -2.87. The smallest absolute Gasteiger partial charge is 0.276 e. The maximum atomic E-state index is 13.1. The number of carbonyl (C=O) groups excluding carboxylic acids is 1. The second-order valence-electron chi connectivity index (χ2n) is 5.24. The van der Waals surface area contributed by atoms with E-state index < -0.39 is 11.7 Å². The molecule has 0 atom stereocenters. The molecule has 1 aromatic carbocycles. The van der Waals surface area contributed by atoms with Gasteiger partial charge in [0.2, 0.25) is 0 Å². The van der Waals surface area contributed by atoms with Crippen molar-refractivity contribution in [1.29, 1.82) is 0 Å². The Morgan fingerprint density at radius 2 is 2.20 bits per heavy atom. The Morgan fingerprint density at radius 3 is 2.88 bits per heavy atom. The summed E-state index contributed by atoms with van der Waals surface area (Å²) in [6.45, 7) is 3.48. The number of amides is 1. The van der Waals surface area contributed by atoms with Crippen molar-refractivity contribution in [3.05, 3.63) is 58.5 Å². The van der Waals surface area contributed by atoms with Crippen LogP contribution in [0.5, 0.6) is 5.75 Å². The highest BCUT2D eigenvalue weighted by molar-refractivity contribution is 6.30. The summed E-state index contributed by atoms with van der Waals surface area (Å²) >= 11 is 5.69. The van der Waals surface area contributed by atoms with Crippen molar-refractivity contribution >= 4 is 23.2 Å². The van der Waals surface area contributed by atoms with E-state index in [0.29, 0.717) is 22.9 Å². The van der Waals surface area contributed by atoms with Gasteiger partial charge in [-0.15, -0.1) is 0 Å². The van der Waals surface area contributed by atoms with Gasteiger partial charge in [0, 0.05) is 12.3 Å². The number of aryl methyl sites for hydroxylation is 2. The molecule has 0 spiro atoms. The molecule has 1 N–H and O–H groups in total. The number of rotatable bonds is 5. The molecule has 0 saturated heterocycles. The molecule has 3 rings (SSSR count). The number of aromatic nitrogens is 3. The molecule has 3 aromatic rings. The van der Waals surface area contributed by atoms with E-state index >= 15 is 0 Å². The van der Waals surface area contributed by atoms with E-state index in [-0.39, 0.29) is 17.4 Å². The molecule has 0 aliphatic rings. The van der Waals surface area contributed by atoms with E-state index in [9.17, 15) is 9.18 Å². The van der Waals surface area contributed by atoms with Crippen molar-refractivity contribution < 1.29 is 18.4 Å². The van der Waals surface area contributed by atoms with Crippen molar-refractivity contribution in [3.8, 4) is 5.75 Å². The Labute approximate surface area is 147 Å². The van der Waals surface area contributed by atoms with Crippen LogP contribution >= 0.6 is 11.6 Å². The second kappa shape index (κ2) is 6.94. The van der Waals surface area contributed by atoms with Crippen LogP contribution in [0.3, 0.4) is 0 Å². The lowest BCUT2D eigenvalue weighted by molar-refractivity contribution is 0.102. The highest BCUT2D eigenvalue weighted by Crippen LogP contribution is 2.21. The van der Waals surface area contributed by atoms with Gasteiger partial charge in [-0.2, -0.15) is 5.10 Å². The van der Waals surface area contributed by atoms with Gasteiger partial charge in [-0.3, -0.25) is 4.79 Å². The fourth-order valence-electron chi connectivity index (χ4n) is 2.10. The number of nitrogens with zero attached hydrogens (tertiary/aromatic N) is 3. The van der Waals surface area contributed by atoms with Crippen LogP contribution in [0.2, 0.25) is 5.02 Å². The van der Waals surface area contributed by atoms with Crippen LogP contribution in [0.15, 0.2) is 35.0 Å². The third kappa shape index (κ3) is 3.80. The number of nitrogens with one attached hydrogen (secondary N) is 1. The summed E-state index contributed by atoms with van der Waals surface area (Å²) in [4.78, 5) is 12.2. The maximum absolute atomic E-state index is 13.1. The number of halogens is 2. The monoisotopic (exact) mass is 364 g/mol. The minimum atomic E-state index is -0.522. The Bertz CT molecular complexity index is 902. The first-order valence-corrected chi connectivity index (χ1v) is 7.67. The van der Waals surface area contributed by atoms with Gasteiger partial charge in [-0.1, -0.05) is 16.8 Å². The van der Waals surface area contributed by atoms with Crippen LogP contribution in [-0.4, -0.2) is 20.8 Å². The molecule has 0 aliphatic carbocycles. The van der Waals surface area contributed by atoms with Crippen LogP contribution in [0, 0.1) is 19.7 Å². The Kier molecular flexibility index (Phi) is 4.71. The molecule has 0 unspecified atom stereocenters. The first kappa shape index (κ1) is 17.0. The highest BCUT2D eigenvalue weighted by atomic mass is 35.5. The molecule has 0 saturated carbocycles. The fraction of sp³-hybridized carbons (Fsp3) is 0.188. The molecule has 0 radical (unpaired) electrons. The van der Waals surface area contributed by atoms with E-state index in [0.717, 1.165) is 0 Å². The van der Waals surface area contributed by atoms with Gasteiger partial charge in [-0.25, -0.2) is 9.07 Å². The third-order valence-electron chi connectivity index (χ3n) is 3.40. The topological polar surface area (TPSA) is 82.2 Å². The largest absolute Gasteiger partial charge is 0.471 e. The van der Waals surface area contributed by atoms with Gasteiger partial charge < -0.3 is 14.6 Å². The van der Waals surface area contributed by atoms with Gasteiger partial charge in [0.1, 0.15) is 22.9 Å². The zero-order chi connectivity index (χ0) is 18.0. The average molecular weight is 365 g/mol. The van der Waals surface area contributed by atoms with Crippen molar-refractivity contribution in [1.82, 2.24) is 14.9 Å². The highest BCUT2D eigenvalue weighted by Gasteiger charge is 2.15. The maximum Gasteiger partial charge on any atom is 0.276 e. The number of carbonyl (C=O) groups is 1. The van der Waals surface area contributed by atoms with Crippen molar-refractivity contribution in [2.75, 3.05) is 5.32 Å². The molecule has 0 bridgehead atoms. The minimum Gasteiger partial charge on any atom is -0.471 e.